The van der Waals surface area contributed by atoms with E-state index in [1.54, 1.807) is 0 Å². The van der Waals surface area contributed by atoms with Gasteiger partial charge in [0.25, 0.3) is 0 Å². The molecule has 1 aromatic carbocycles. The van der Waals surface area contributed by atoms with Crippen LogP contribution in [0.4, 0.5) is 0 Å². The lowest BCUT2D eigenvalue weighted by Gasteiger charge is -2.18. The van der Waals surface area contributed by atoms with Crippen molar-refractivity contribution in [2.24, 2.45) is 11.7 Å². The lowest BCUT2D eigenvalue weighted by molar-refractivity contribution is 0.464. The summed E-state index contributed by atoms with van der Waals surface area (Å²) < 4.78 is 26.7. The van der Waals surface area contributed by atoms with Crippen molar-refractivity contribution in [3.05, 3.63) is 27.7 Å². The fraction of sp³-hybridized carbons (Fsp3) is 0.429. The lowest BCUT2D eigenvalue weighted by atomic mass is 10.2. The van der Waals surface area contributed by atoms with Crippen LogP contribution in [-0.2, 0) is 10.0 Å². The monoisotopic (exact) mass is 346 g/mol. The Labute approximate surface area is 135 Å². The SMILES string of the molecule is CC1CCN(S(=O)(=O)c2c(Cl)cc(C#CCN)cc2Cl)C1. The highest BCUT2D eigenvalue weighted by molar-refractivity contribution is 7.89. The fourth-order valence-electron chi connectivity index (χ4n) is 2.27. The molecule has 1 heterocycles. The molecule has 1 fully saturated rings. The van der Waals surface area contributed by atoms with Crippen LogP contribution < -0.4 is 5.73 Å². The van der Waals surface area contributed by atoms with Crippen LogP contribution >= 0.6 is 23.2 Å². The van der Waals surface area contributed by atoms with E-state index in [2.05, 4.69) is 11.8 Å². The van der Waals surface area contributed by atoms with Crippen LogP contribution in [0, 0.1) is 17.8 Å². The maximum atomic E-state index is 12.6. The zero-order valence-corrected chi connectivity index (χ0v) is 13.9. The summed E-state index contributed by atoms with van der Waals surface area (Å²) in [5.74, 6) is 5.81. The molecule has 0 aromatic heterocycles. The zero-order valence-electron chi connectivity index (χ0n) is 11.6. The Kier molecular flexibility index (Phi) is 5.18. The normalized spacial score (nSPS) is 19.3. The van der Waals surface area contributed by atoms with E-state index >= 15 is 0 Å². The number of nitrogens with zero attached hydrogens (tertiary/aromatic N) is 1. The Hall–Kier alpha value is -0.770. The van der Waals surface area contributed by atoms with Crippen molar-refractivity contribution in [1.82, 2.24) is 4.31 Å². The first kappa shape index (κ1) is 16.6. The van der Waals surface area contributed by atoms with Gasteiger partial charge in [0.2, 0.25) is 10.0 Å². The van der Waals surface area contributed by atoms with Crippen LogP contribution in [-0.4, -0.2) is 32.4 Å². The second-order valence-electron chi connectivity index (χ2n) is 5.03. The van der Waals surface area contributed by atoms with Crippen molar-refractivity contribution in [2.75, 3.05) is 19.6 Å². The van der Waals surface area contributed by atoms with Crippen LogP contribution in [0.5, 0.6) is 0 Å². The molecule has 0 spiro atoms. The maximum absolute atomic E-state index is 12.6. The summed E-state index contributed by atoms with van der Waals surface area (Å²) in [6.07, 6.45) is 0.842. The topological polar surface area (TPSA) is 63.4 Å². The van der Waals surface area contributed by atoms with Gasteiger partial charge in [0, 0.05) is 18.7 Å². The molecule has 21 heavy (non-hydrogen) atoms. The molecule has 1 unspecified atom stereocenters. The van der Waals surface area contributed by atoms with Gasteiger partial charge in [-0.3, -0.25) is 0 Å². The van der Waals surface area contributed by atoms with E-state index in [9.17, 15) is 8.42 Å². The van der Waals surface area contributed by atoms with Gasteiger partial charge in [-0.05, 0) is 24.5 Å². The number of benzene rings is 1. The third kappa shape index (κ3) is 3.53. The van der Waals surface area contributed by atoms with Gasteiger partial charge in [0.15, 0.2) is 0 Å². The predicted octanol–water partition coefficient (Wildman–Crippen LogP) is 2.33. The minimum Gasteiger partial charge on any atom is -0.320 e. The second-order valence-corrected chi connectivity index (χ2v) is 7.72. The number of rotatable bonds is 2. The Balaban J connectivity index is 2.44. The number of halogens is 2. The predicted molar refractivity (Wildman–Crippen MR) is 84.9 cm³/mol. The van der Waals surface area contributed by atoms with Crippen LogP contribution in [0.1, 0.15) is 18.9 Å². The van der Waals surface area contributed by atoms with Gasteiger partial charge in [0.05, 0.1) is 16.6 Å². The van der Waals surface area contributed by atoms with Crippen molar-refractivity contribution >= 4 is 33.2 Å². The van der Waals surface area contributed by atoms with Gasteiger partial charge in [-0.1, -0.05) is 42.0 Å². The minimum absolute atomic E-state index is 0.0433. The minimum atomic E-state index is -3.67. The van der Waals surface area contributed by atoms with E-state index in [1.807, 2.05) is 6.92 Å². The smallest absolute Gasteiger partial charge is 0.246 e. The summed E-state index contributed by atoms with van der Waals surface area (Å²) in [6.45, 7) is 3.21. The van der Waals surface area contributed by atoms with Crippen LogP contribution in [0.15, 0.2) is 17.0 Å². The van der Waals surface area contributed by atoms with E-state index in [-0.39, 0.29) is 21.5 Å². The number of sulfonamides is 1. The quantitative estimate of drug-likeness (QED) is 0.836. The first-order chi connectivity index (χ1) is 9.86. The molecular formula is C14H16Cl2N2O2S. The van der Waals surface area contributed by atoms with E-state index in [0.717, 1.165) is 6.42 Å². The van der Waals surface area contributed by atoms with Crippen molar-refractivity contribution in [2.45, 2.75) is 18.2 Å². The van der Waals surface area contributed by atoms with Gasteiger partial charge >= 0.3 is 0 Å². The highest BCUT2D eigenvalue weighted by Crippen LogP contribution is 2.34. The first-order valence-electron chi connectivity index (χ1n) is 6.54. The van der Waals surface area contributed by atoms with Crippen molar-refractivity contribution in [3.8, 4) is 11.8 Å². The van der Waals surface area contributed by atoms with Gasteiger partial charge in [0.1, 0.15) is 4.90 Å². The van der Waals surface area contributed by atoms with Gasteiger partial charge in [-0.2, -0.15) is 4.31 Å². The summed E-state index contributed by atoms with van der Waals surface area (Å²) in [6, 6.07) is 3.00. The van der Waals surface area contributed by atoms with Gasteiger partial charge in [-0.25, -0.2) is 8.42 Å². The molecule has 1 aromatic rings. The Morgan fingerprint density at radius 2 is 2.00 bits per heavy atom. The lowest BCUT2D eigenvalue weighted by Crippen LogP contribution is -2.29. The van der Waals surface area contributed by atoms with Gasteiger partial charge < -0.3 is 5.73 Å². The summed E-state index contributed by atoms with van der Waals surface area (Å²) in [5.41, 5.74) is 5.85. The van der Waals surface area contributed by atoms with E-state index in [1.165, 1.54) is 16.4 Å². The molecule has 1 aliphatic heterocycles. The molecule has 0 saturated carbocycles. The molecule has 1 atom stereocenters. The first-order valence-corrected chi connectivity index (χ1v) is 8.74. The zero-order chi connectivity index (χ0) is 15.6. The van der Waals surface area contributed by atoms with Gasteiger partial charge in [-0.15, -0.1) is 0 Å². The number of hydrogen-bond acceptors (Lipinski definition) is 3. The van der Waals surface area contributed by atoms with Crippen LogP contribution in [0.2, 0.25) is 10.0 Å². The standard InChI is InChI=1S/C14H16Cl2N2O2S/c1-10-4-6-18(9-10)21(19,20)14-12(15)7-11(3-2-5-17)8-13(14)16/h7-8,10H,4-6,9,17H2,1H3. The number of hydrogen-bond donors (Lipinski definition) is 1. The Bertz CT molecular complexity index is 684. The molecule has 1 aliphatic rings. The maximum Gasteiger partial charge on any atom is 0.246 e. The van der Waals surface area contributed by atoms with Crippen molar-refractivity contribution < 1.29 is 8.42 Å². The summed E-state index contributed by atoms with van der Waals surface area (Å²) >= 11 is 12.2. The summed E-state index contributed by atoms with van der Waals surface area (Å²) in [4.78, 5) is -0.0433. The molecule has 114 valence electrons. The molecule has 4 nitrogen and oxygen atoms in total. The molecule has 0 radical (unpaired) electrons. The van der Waals surface area contributed by atoms with E-state index < -0.39 is 10.0 Å². The molecule has 7 heteroatoms. The molecule has 2 N–H and O–H groups in total. The molecular weight excluding hydrogens is 331 g/mol. The number of nitrogens with two attached hydrogens (primary N) is 1. The fourth-order valence-corrected chi connectivity index (χ4v) is 5.01. The Morgan fingerprint density at radius 1 is 1.38 bits per heavy atom. The van der Waals surface area contributed by atoms with Crippen molar-refractivity contribution in [3.63, 3.8) is 0 Å². The second kappa shape index (κ2) is 6.55. The highest BCUT2D eigenvalue weighted by atomic mass is 35.5. The molecule has 0 amide bonds. The largest absolute Gasteiger partial charge is 0.320 e. The average molecular weight is 347 g/mol. The summed E-state index contributed by atoms with van der Waals surface area (Å²) in [5, 5.41) is 0.173. The third-order valence-electron chi connectivity index (χ3n) is 3.32. The summed E-state index contributed by atoms with van der Waals surface area (Å²) in [7, 11) is -3.67. The molecule has 0 aliphatic carbocycles. The molecule has 0 bridgehead atoms. The van der Waals surface area contributed by atoms with Crippen LogP contribution in [0.25, 0.3) is 0 Å². The third-order valence-corrected chi connectivity index (χ3v) is 6.11. The van der Waals surface area contributed by atoms with Crippen molar-refractivity contribution in [1.29, 1.82) is 0 Å². The Morgan fingerprint density at radius 3 is 2.48 bits per heavy atom. The van der Waals surface area contributed by atoms with E-state index in [4.69, 9.17) is 28.9 Å². The average Bonchev–Trinajstić information content (AvgIpc) is 2.82. The highest BCUT2D eigenvalue weighted by Gasteiger charge is 2.33. The molecule has 1 saturated heterocycles. The molecule has 2 rings (SSSR count). The van der Waals surface area contributed by atoms with E-state index in [0.29, 0.717) is 24.6 Å². The van der Waals surface area contributed by atoms with Crippen LogP contribution in [0.3, 0.4) is 0 Å².